The molecule has 2 amide bonds. The topological polar surface area (TPSA) is 74.9 Å². The summed E-state index contributed by atoms with van der Waals surface area (Å²) in [6.07, 6.45) is 0. The number of hydrogen-bond donors (Lipinski definition) is 1. The van der Waals surface area contributed by atoms with Gasteiger partial charge in [-0.15, -0.1) is 0 Å². The fourth-order valence-electron chi connectivity index (χ4n) is 3.76. The van der Waals surface area contributed by atoms with E-state index in [4.69, 9.17) is 9.47 Å². The van der Waals surface area contributed by atoms with Crippen LogP contribution in [-0.4, -0.2) is 53.7 Å². The Hall–Kier alpha value is -3.32. The van der Waals surface area contributed by atoms with E-state index in [0.29, 0.717) is 45.0 Å². The Morgan fingerprint density at radius 1 is 1.10 bits per heavy atom. The zero-order chi connectivity index (χ0) is 21.6. The van der Waals surface area contributed by atoms with Crippen molar-refractivity contribution in [1.29, 1.82) is 0 Å². The van der Waals surface area contributed by atoms with Gasteiger partial charge in [-0.1, -0.05) is 30.3 Å². The Balaban J connectivity index is 1.64. The van der Waals surface area contributed by atoms with E-state index in [1.807, 2.05) is 61.5 Å². The van der Waals surface area contributed by atoms with Crippen molar-refractivity contribution in [3.05, 3.63) is 76.1 Å². The highest BCUT2D eigenvalue weighted by atomic mass is 16.5. The van der Waals surface area contributed by atoms with E-state index >= 15 is 0 Å². The first-order chi connectivity index (χ1) is 15.1. The smallest absolute Gasteiger partial charge is 0.320 e. The number of aromatic nitrogens is 1. The van der Waals surface area contributed by atoms with Crippen molar-refractivity contribution < 1.29 is 14.3 Å². The number of morpholine rings is 1. The standard InChI is InChI=1S/C24H27N3O4/c1-2-31-21-8-9-22-19(15-21)14-20(23(28)25-22)17-27(16-18-6-4-3-5-7-18)24(29)26-10-12-30-13-11-26/h3-9,14-15H,2,10-13,16-17H2,1H3,(H,25,28). The summed E-state index contributed by atoms with van der Waals surface area (Å²) in [6.45, 7) is 5.31. The lowest BCUT2D eigenvalue weighted by Gasteiger charge is -2.33. The van der Waals surface area contributed by atoms with Gasteiger partial charge < -0.3 is 24.3 Å². The molecule has 162 valence electrons. The average molecular weight is 421 g/mol. The fraction of sp³-hybridized carbons (Fsp3) is 0.333. The third kappa shape index (κ3) is 5.06. The van der Waals surface area contributed by atoms with Gasteiger partial charge in [0.05, 0.1) is 26.4 Å². The number of ether oxygens (including phenoxy) is 2. The molecule has 31 heavy (non-hydrogen) atoms. The molecule has 0 aliphatic carbocycles. The first kappa shape index (κ1) is 20.9. The Morgan fingerprint density at radius 3 is 2.61 bits per heavy atom. The number of amides is 2. The predicted molar refractivity (Wildman–Crippen MR) is 119 cm³/mol. The van der Waals surface area contributed by atoms with E-state index < -0.39 is 0 Å². The SMILES string of the molecule is CCOc1ccc2[nH]c(=O)c(CN(Cc3ccccc3)C(=O)N3CCOCC3)cc2c1. The van der Waals surface area contributed by atoms with E-state index in [1.165, 1.54) is 0 Å². The summed E-state index contributed by atoms with van der Waals surface area (Å²) < 4.78 is 11.0. The zero-order valence-corrected chi connectivity index (χ0v) is 17.7. The van der Waals surface area contributed by atoms with Crippen molar-refractivity contribution in [3.8, 4) is 5.75 Å². The van der Waals surface area contributed by atoms with Crippen molar-refractivity contribution >= 4 is 16.9 Å². The molecule has 1 aliphatic rings. The van der Waals surface area contributed by atoms with Gasteiger partial charge in [0, 0.05) is 36.1 Å². The highest BCUT2D eigenvalue weighted by Gasteiger charge is 2.24. The average Bonchev–Trinajstić information content (AvgIpc) is 2.80. The van der Waals surface area contributed by atoms with Gasteiger partial charge in [-0.05, 0) is 36.8 Å². The summed E-state index contributed by atoms with van der Waals surface area (Å²) in [6, 6.07) is 17.2. The molecule has 7 nitrogen and oxygen atoms in total. The van der Waals surface area contributed by atoms with Crippen LogP contribution in [0.15, 0.2) is 59.4 Å². The summed E-state index contributed by atoms with van der Waals surface area (Å²) in [4.78, 5) is 32.5. The number of nitrogens with one attached hydrogen (secondary N) is 1. The van der Waals surface area contributed by atoms with Gasteiger partial charge in [0.25, 0.3) is 5.56 Å². The maximum absolute atomic E-state index is 13.3. The monoisotopic (exact) mass is 421 g/mol. The Labute approximate surface area is 181 Å². The number of aromatic amines is 1. The van der Waals surface area contributed by atoms with Crippen LogP contribution < -0.4 is 10.3 Å². The molecule has 1 fully saturated rings. The van der Waals surface area contributed by atoms with Gasteiger partial charge in [0.1, 0.15) is 5.75 Å². The number of carbonyl (C=O) groups is 1. The molecule has 1 aliphatic heterocycles. The van der Waals surface area contributed by atoms with E-state index in [1.54, 1.807) is 9.80 Å². The van der Waals surface area contributed by atoms with Crippen LogP contribution in [-0.2, 0) is 17.8 Å². The zero-order valence-electron chi connectivity index (χ0n) is 17.7. The van der Waals surface area contributed by atoms with E-state index in [9.17, 15) is 9.59 Å². The molecule has 3 aromatic rings. The number of H-pyrrole nitrogens is 1. The van der Waals surface area contributed by atoms with E-state index in [2.05, 4.69) is 4.98 Å². The molecule has 0 spiro atoms. The van der Waals surface area contributed by atoms with Crippen molar-refractivity contribution in [2.75, 3.05) is 32.9 Å². The largest absolute Gasteiger partial charge is 0.494 e. The summed E-state index contributed by atoms with van der Waals surface area (Å²) >= 11 is 0. The van der Waals surface area contributed by atoms with Crippen molar-refractivity contribution in [2.45, 2.75) is 20.0 Å². The first-order valence-electron chi connectivity index (χ1n) is 10.6. The number of rotatable bonds is 6. The minimum Gasteiger partial charge on any atom is -0.494 e. The molecule has 0 saturated carbocycles. The second kappa shape index (κ2) is 9.66. The lowest BCUT2D eigenvalue weighted by Crippen LogP contribution is -2.48. The molecule has 0 unspecified atom stereocenters. The number of nitrogens with zero attached hydrogens (tertiary/aromatic N) is 2. The normalized spacial score (nSPS) is 13.9. The van der Waals surface area contributed by atoms with Crippen molar-refractivity contribution in [2.24, 2.45) is 0 Å². The first-order valence-corrected chi connectivity index (χ1v) is 10.6. The minimum atomic E-state index is -0.190. The van der Waals surface area contributed by atoms with Gasteiger partial charge in [0.15, 0.2) is 0 Å². The summed E-state index contributed by atoms with van der Waals surface area (Å²) in [5.41, 5.74) is 2.11. The maximum Gasteiger partial charge on any atom is 0.320 e. The van der Waals surface area contributed by atoms with Crippen LogP contribution in [0.5, 0.6) is 5.75 Å². The summed E-state index contributed by atoms with van der Waals surface area (Å²) in [7, 11) is 0. The number of carbonyl (C=O) groups excluding carboxylic acids is 1. The Kier molecular flexibility index (Phi) is 6.52. The van der Waals surface area contributed by atoms with Crippen LogP contribution in [0.4, 0.5) is 4.79 Å². The number of hydrogen-bond acceptors (Lipinski definition) is 4. The van der Waals surface area contributed by atoms with Crippen LogP contribution in [0, 0.1) is 0 Å². The fourth-order valence-corrected chi connectivity index (χ4v) is 3.76. The summed E-state index contributed by atoms with van der Waals surface area (Å²) in [5.74, 6) is 0.749. The minimum absolute atomic E-state index is 0.0882. The Bertz CT molecular complexity index is 1090. The van der Waals surface area contributed by atoms with Gasteiger partial charge in [-0.25, -0.2) is 4.79 Å². The molecule has 7 heteroatoms. The lowest BCUT2D eigenvalue weighted by atomic mass is 10.1. The van der Waals surface area contributed by atoms with Crippen molar-refractivity contribution in [3.63, 3.8) is 0 Å². The lowest BCUT2D eigenvalue weighted by molar-refractivity contribution is 0.0418. The molecule has 2 heterocycles. The molecule has 1 N–H and O–H groups in total. The van der Waals surface area contributed by atoms with Gasteiger partial charge >= 0.3 is 6.03 Å². The number of pyridine rings is 1. The van der Waals surface area contributed by atoms with Crippen LogP contribution in [0.3, 0.4) is 0 Å². The molecule has 2 aromatic carbocycles. The van der Waals surface area contributed by atoms with Crippen LogP contribution in [0.25, 0.3) is 10.9 Å². The molecular formula is C24H27N3O4. The van der Waals surface area contributed by atoms with Crippen LogP contribution >= 0.6 is 0 Å². The van der Waals surface area contributed by atoms with Crippen LogP contribution in [0.1, 0.15) is 18.1 Å². The number of urea groups is 1. The molecule has 0 radical (unpaired) electrons. The summed E-state index contributed by atoms with van der Waals surface area (Å²) in [5, 5.41) is 0.874. The van der Waals surface area contributed by atoms with Crippen molar-refractivity contribution in [1.82, 2.24) is 14.8 Å². The highest BCUT2D eigenvalue weighted by Crippen LogP contribution is 2.20. The Morgan fingerprint density at radius 2 is 1.87 bits per heavy atom. The second-order valence-corrected chi connectivity index (χ2v) is 7.53. The van der Waals surface area contributed by atoms with E-state index in [0.717, 1.165) is 22.2 Å². The molecule has 1 saturated heterocycles. The van der Waals surface area contributed by atoms with Crippen LogP contribution in [0.2, 0.25) is 0 Å². The molecular weight excluding hydrogens is 394 g/mol. The van der Waals surface area contributed by atoms with Gasteiger partial charge in [0.2, 0.25) is 0 Å². The second-order valence-electron chi connectivity index (χ2n) is 7.53. The van der Waals surface area contributed by atoms with Gasteiger partial charge in [-0.2, -0.15) is 0 Å². The third-order valence-electron chi connectivity index (χ3n) is 5.33. The molecule has 4 rings (SSSR count). The molecule has 0 bridgehead atoms. The molecule has 0 atom stereocenters. The third-order valence-corrected chi connectivity index (χ3v) is 5.33. The predicted octanol–water partition coefficient (Wildman–Crippen LogP) is 3.38. The highest BCUT2D eigenvalue weighted by molar-refractivity contribution is 5.81. The number of fused-ring (bicyclic) bond motifs is 1. The van der Waals surface area contributed by atoms with Gasteiger partial charge in [-0.3, -0.25) is 4.79 Å². The van der Waals surface area contributed by atoms with E-state index in [-0.39, 0.29) is 18.1 Å². The quantitative estimate of drug-likeness (QED) is 0.662. The number of benzene rings is 2. The molecule has 1 aromatic heterocycles. The maximum atomic E-state index is 13.3.